The van der Waals surface area contributed by atoms with Crippen molar-refractivity contribution < 1.29 is 18.0 Å². The van der Waals surface area contributed by atoms with E-state index >= 15 is 0 Å². The van der Waals surface area contributed by atoms with Crippen molar-refractivity contribution in [2.24, 2.45) is 0 Å². The number of anilines is 1. The number of halogens is 3. The number of aryl methyl sites for hydroxylation is 1. The molecule has 2 aromatic rings. The van der Waals surface area contributed by atoms with Gasteiger partial charge in [0.1, 0.15) is 6.54 Å². The number of tetrazole rings is 1. The van der Waals surface area contributed by atoms with Crippen LogP contribution in [0.25, 0.3) is 0 Å². The molecule has 10 heteroatoms. The smallest absolute Gasteiger partial charge is 0.325 e. The number of benzene rings is 1. The second-order valence-corrected chi connectivity index (χ2v) is 6.20. The van der Waals surface area contributed by atoms with Crippen LogP contribution in [0.1, 0.15) is 12.0 Å². The predicted octanol–water partition coefficient (Wildman–Crippen LogP) is 2.28. The number of amides is 1. The third-order valence-corrected chi connectivity index (χ3v) is 4.56. The first-order valence-corrected chi connectivity index (χ1v) is 7.69. The van der Waals surface area contributed by atoms with Crippen molar-refractivity contribution >= 4 is 23.4 Å². The molecule has 0 unspecified atom stereocenters. The number of hydrogen-bond acceptors (Lipinski definition) is 5. The van der Waals surface area contributed by atoms with Crippen LogP contribution < -0.4 is 5.32 Å². The van der Waals surface area contributed by atoms with E-state index in [9.17, 15) is 18.0 Å². The number of rotatable bonds is 3. The van der Waals surface area contributed by atoms with Gasteiger partial charge in [0, 0.05) is 5.69 Å². The Balaban J connectivity index is 1.75. The second-order valence-electron chi connectivity index (χ2n) is 5.03. The molecular weight excluding hydrogens is 331 g/mol. The normalized spacial score (nSPS) is 18.2. The number of nitrogens with zero attached hydrogens (tertiary/aromatic N) is 4. The van der Waals surface area contributed by atoms with Crippen LogP contribution in [0.4, 0.5) is 18.9 Å². The number of para-hydroxylation sites is 1. The number of thioether (sulfide) groups is 1. The Morgan fingerprint density at radius 2 is 2.13 bits per heavy atom. The van der Waals surface area contributed by atoms with Gasteiger partial charge < -0.3 is 5.32 Å². The summed E-state index contributed by atoms with van der Waals surface area (Å²) in [5.74, 6) is -0.262. The highest BCUT2D eigenvalue weighted by atomic mass is 32.2. The van der Waals surface area contributed by atoms with Crippen LogP contribution in [-0.4, -0.2) is 37.5 Å². The molecule has 0 aliphatic carbocycles. The largest absolute Gasteiger partial charge is 0.408 e. The first-order valence-electron chi connectivity index (χ1n) is 6.81. The summed E-state index contributed by atoms with van der Waals surface area (Å²) in [6.45, 7) is -1.28. The van der Waals surface area contributed by atoms with Gasteiger partial charge in [-0.05, 0) is 34.9 Å². The lowest BCUT2D eigenvalue weighted by Crippen LogP contribution is -2.25. The number of hydrogen-bond donors (Lipinski definition) is 1. The number of aromatic nitrogens is 4. The quantitative estimate of drug-likeness (QED) is 0.926. The molecule has 0 bridgehead atoms. The van der Waals surface area contributed by atoms with Crippen molar-refractivity contribution in [3.05, 3.63) is 29.8 Å². The minimum atomic E-state index is -4.42. The molecule has 6 nitrogen and oxygen atoms in total. The zero-order valence-corrected chi connectivity index (χ0v) is 12.6. The molecule has 1 aromatic heterocycles. The molecule has 1 aromatic carbocycles. The third-order valence-electron chi connectivity index (χ3n) is 3.32. The third kappa shape index (κ3) is 3.81. The van der Waals surface area contributed by atoms with Crippen LogP contribution in [0.15, 0.2) is 29.4 Å². The lowest BCUT2D eigenvalue weighted by atomic mass is 10.1. The summed E-state index contributed by atoms with van der Waals surface area (Å²) in [6, 6.07) is 7.41. The Bertz CT molecular complexity index is 718. The standard InChI is InChI=1S/C13H12F3N5OS/c14-13(15,16)7-21-12(18-19-20-21)23-10-6-5-8-3-1-2-4-9(8)17-11(10)22/h1-4,10H,5-7H2,(H,17,22)/t10-/m1/s1. The molecule has 0 fully saturated rings. The van der Waals surface area contributed by atoms with Crippen molar-refractivity contribution in [1.82, 2.24) is 20.2 Å². The topological polar surface area (TPSA) is 72.7 Å². The van der Waals surface area contributed by atoms with Gasteiger partial charge in [0.2, 0.25) is 11.1 Å². The highest BCUT2D eigenvalue weighted by molar-refractivity contribution is 8.00. The average Bonchev–Trinajstić information content (AvgIpc) is 2.82. The van der Waals surface area contributed by atoms with Gasteiger partial charge in [0.15, 0.2) is 0 Å². The van der Waals surface area contributed by atoms with Gasteiger partial charge in [-0.25, -0.2) is 4.68 Å². The number of carbonyl (C=O) groups excluding carboxylic acids is 1. The maximum atomic E-state index is 12.5. The fourth-order valence-electron chi connectivity index (χ4n) is 2.28. The summed E-state index contributed by atoms with van der Waals surface area (Å²) in [6.07, 6.45) is -3.29. The van der Waals surface area contributed by atoms with Gasteiger partial charge in [-0.3, -0.25) is 4.79 Å². The van der Waals surface area contributed by atoms with E-state index in [2.05, 4.69) is 20.8 Å². The monoisotopic (exact) mass is 343 g/mol. The molecule has 0 saturated heterocycles. The maximum absolute atomic E-state index is 12.5. The Morgan fingerprint density at radius 1 is 1.35 bits per heavy atom. The van der Waals surface area contributed by atoms with E-state index in [1.807, 2.05) is 18.2 Å². The van der Waals surface area contributed by atoms with Crippen molar-refractivity contribution in [3.8, 4) is 0 Å². The summed E-state index contributed by atoms with van der Waals surface area (Å²) in [5.41, 5.74) is 1.73. The van der Waals surface area contributed by atoms with E-state index in [0.717, 1.165) is 23.0 Å². The molecular formula is C13H12F3N5OS. The molecule has 0 radical (unpaired) electrons. The summed E-state index contributed by atoms with van der Waals surface area (Å²) in [4.78, 5) is 12.3. The number of fused-ring (bicyclic) bond motifs is 1. The van der Waals surface area contributed by atoms with Crippen molar-refractivity contribution in [2.45, 2.75) is 36.0 Å². The Kier molecular flexibility index (Phi) is 4.24. The highest BCUT2D eigenvalue weighted by Gasteiger charge is 2.32. The molecule has 1 aliphatic heterocycles. The summed E-state index contributed by atoms with van der Waals surface area (Å²) >= 11 is 0.945. The molecule has 122 valence electrons. The fraction of sp³-hybridized carbons (Fsp3) is 0.385. The lowest BCUT2D eigenvalue weighted by molar-refractivity contribution is -0.144. The Labute approximate surface area is 133 Å². The van der Waals surface area contributed by atoms with Gasteiger partial charge >= 0.3 is 6.18 Å². The van der Waals surface area contributed by atoms with E-state index < -0.39 is 18.0 Å². The molecule has 1 atom stereocenters. The summed E-state index contributed by atoms with van der Waals surface area (Å²) in [5, 5.41) is 12.4. The summed E-state index contributed by atoms with van der Waals surface area (Å²) in [7, 11) is 0. The van der Waals surface area contributed by atoms with E-state index in [1.54, 1.807) is 6.07 Å². The summed E-state index contributed by atoms with van der Waals surface area (Å²) < 4.78 is 38.1. The molecule has 2 heterocycles. The van der Waals surface area contributed by atoms with Gasteiger partial charge in [0.05, 0.1) is 5.25 Å². The minimum Gasteiger partial charge on any atom is -0.325 e. The maximum Gasteiger partial charge on any atom is 0.408 e. The van der Waals surface area contributed by atoms with Gasteiger partial charge in [-0.2, -0.15) is 13.2 Å². The van der Waals surface area contributed by atoms with Crippen LogP contribution in [0.3, 0.4) is 0 Å². The molecule has 1 aliphatic rings. The first-order chi connectivity index (χ1) is 10.9. The zero-order chi connectivity index (χ0) is 16.4. The fourth-order valence-corrected chi connectivity index (χ4v) is 3.24. The van der Waals surface area contributed by atoms with E-state index in [0.29, 0.717) is 17.5 Å². The number of alkyl halides is 3. The molecule has 1 amide bonds. The lowest BCUT2D eigenvalue weighted by Gasteiger charge is -2.13. The zero-order valence-electron chi connectivity index (χ0n) is 11.7. The van der Waals surface area contributed by atoms with Gasteiger partial charge in [0.25, 0.3) is 0 Å². The molecule has 1 N–H and O–H groups in total. The van der Waals surface area contributed by atoms with Crippen LogP contribution >= 0.6 is 11.8 Å². The van der Waals surface area contributed by atoms with Crippen LogP contribution in [0, 0.1) is 0 Å². The molecule has 0 spiro atoms. The predicted molar refractivity (Wildman–Crippen MR) is 76.9 cm³/mol. The van der Waals surface area contributed by atoms with E-state index in [4.69, 9.17) is 0 Å². The van der Waals surface area contributed by atoms with Crippen molar-refractivity contribution in [1.29, 1.82) is 0 Å². The van der Waals surface area contributed by atoms with E-state index in [-0.39, 0.29) is 11.1 Å². The van der Waals surface area contributed by atoms with Crippen LogP contribution in [0.2, 0.25) is 0 Å². The second kappa shape index (κ2) is 6.19. The Morgan fingerprint density at radius 3 is 2.91 bits per heavy atom. The Hall–Kier alpha value is -2.10. The van der Waals surface area contributed by atoms with Gasteiger partial charge in [-0.15, -0.1) is 5.10 Å². The highest BCUT2D eigenvalue weighted by Crippen LogP contribution is 2.31. The van der Waals surface area contributed by atoms with Crippen LogP contribution in [-0.2, 0) is 17.8 Å². The minimum absolute atomic E-state index is 0.0200. The first kappa shape index (κ1) is 15.8. The van der Waals surface area contributed by atoms with E-state index in [1.165, 1.54) is 0 Å². The SMILES string of the molecule is O=C1Nc2ccccc2CC[C@H]1Sc1nnnn1CC(F)(F)F. The van der Waals surface area contributed by atoms with Gasteiger partial charge in [-0.1, -0.05) is 30.0 Å². The number of nitrogens with one attached hydrogen (secondary N) is 1. The molecule has 23 heavy (non-hydrogen) atoms. The van der Waals surface area contributed by atoms with Crippen molar-refractivity contribution in [2.75, 3.05) is 5.32 Å². The number of carbonyl (C=O) groups is 1. The molecule has 3 rings (SSSR count). The molecule has 0 saturated carbocycles. The van der Waals surface area contributed by atoms with Crippen LogP contribution in [0.5, 0.6) is 0 Å². The van der Waals surface area contributed by atoms with Crippen molar-refractivity contribution in [3.63, 3.8) is 0 Å². The average molecular weight is 343 g/mol.